The number of benzene rings is 2. The van der Waals surface area contributed by atoms with Crippen LogP contribution in [0.15, 0.2) is 48.7 Å². The SMILES string of the molecule is Cc1cc(C)cc(NC(=O)c2ccnc(Nc3cc(C)cc(C)c3)n2)c1. The van der Waals surface area contributed by atoms with Gasteiger partial charge in [-0.3, -0.25) is 4.79 Å². The van der Waals surface area contributed by atoms with Crippen molar-refractivity contribution in [2.75, 3.05) is 10.6 Å². The van der Waals surface area contributed by atoms with E-state index in [2.05, 4.69) is 32.7 Å². The molecule has 1 aromatic heterocycles. The molecule has 5 nitrogen and oxygen atoms in total. The topological polar surface area (TPSA) is 66.9 Å². The van der Waals surface area contributed by atoms with Crippen molar-refractivity contribution in [3.63, 3.8) is 0 Å². The molecule has 2 aromatic carbocycles. The van der Waals surface area contributed by atoms with Gasteiger partial charge in [-0.05, 0) is 80.3 Å². The van der Waals surface area contributed by atoms with Gasteiger partial charge in [-0.15, -0.1) is 0 Å². The second-order valence-corrected chi connectivity index (χ2v) is 6.60. The van der Waals surface area contributed by atoms with Crippen molar-refractivity contribution in [3.8, 4) is 0 Å². The minimum atomic E-state index is -0.263. The highest BCUT2D eigenvalue weighted by molar-refractivity contribution is 6.03. The van der Waals surface area contributed by atoms with Gasteiger partial charge >= 0.3 is 0 Å². The lowest BCUT2D eigenvalue weighted by Gasteiger charge is -2.09. The fourth-order valence-electron chi connectivity index (χ4n) is 2.96. The van der Waals surface area contributed by atoms with E-state index in [0.717, 1.165) is 33.6 Å². The largest absolute Gasteiger partial charge is 0.324 e. The number of anilines is 3. The number of amides is 1. The van der Waals surface area contributed by atoms with Gasteiger partial charge in [0.15, 0.2) is 0 Å². The number of hydrogen-bond donors (Lipinski definition) is 2. The molecule has 0 fully saturated rings. The van der Waals surface area contributed by atoms with E-state index >= 15 is 0 Å². The monoisotopic (exact) mass is 346 g/mol. The Hall–Kier alpha value is -3.21. The fourth-order valence-corrected chi connectivity index (χ4v) is 2.96. The molecule has 26 heavy (non-hydrogen) atoms. The van der Waals surface area contributed by atoms with Gasteiger partial charge in [0.25, 0.3) is 5.91 Å². The molecule has 0 aliphatic heterocycles. The van der Waals surface area contributed by atoms with Crippen LogP contribution in [0, 0.1) is 27.7 Å². The van der Waals surface area contributed by atoms with Gasteiger partial charge in [0.2, 0.25) is 5.95 Å². The molecule has 5 heteroatoms. The molecule has 0 bridgehead atoms. The minimum Gasteiger partial charge on any atom is -0.324 e. The summed E-state index contributed by atoms with van der Waals surface area (Å²) in [5, 5.41) is 6.05. The summed E-state index contributed by atoms with van der Waals surface area (Å²) < 4.78 is 0. The number of carbonyl (C=O) groups is 1. The van der Waals surface area contributed by atoms with Crippen molar-refractivity contribution in [3.05, 3.63) is 76.6 Å². The van der Waals surface area contributed by atoms with Crippen LogP contribution in [0.4, 0.5) is 17.3 Å². The molecule has 0 unspecified atom stereocenters. The summed E-state index contributed by atoms with van der Waals surface area (Å²) >= 11 is 0. The summed E-state index contributed by atoms with van der Waals surface area (Å²) in [6.07, 6.45) is 1.58. The number of aryl methyl sites for hydroxylation is 4. The molecule has 0 radical (unpaired) electrons. The molecule has 1 amide bonds. The van der Waals surface area contributed by atoms with Crippen LogP contribution in [-0.2, 0) is 0 Å². The van der Waals surface area contributed by atoms with Crippen molar-refractivity contribution in [2.24, 2.45) is 0 Å². The Balaban J connectivity index is 1.78. The van der Waals surface area contributed by atoms with Gasteiger partial charge in [-0.1, -0.05) is 12.1 Å². The van der Waals surface area contributed by atoms with Crippen LogP contribution >= 0.6 is 0 Å². The van der Waals surface area contributed by atoms with E-state index in [-0.39, 0.29) is 5.91 Å². The van der Waals surface area contributed by atoms with Gasteiger partial charge < -0.3 is 10.6 Å². The normalized spacial score (nSPS) is 10.5. The van der Waals surface area contributed by atoms with E-state index in [1.807, 2.05) is 52.0 Å². The van der Waals surface area contributed by atoms with Gasteiger partial charge in [0, 0.05) is 17.6 Å². The summed E-state index contributed by atoms with van der Waals surface area (Å²) in [4.78, 5) is 21.1. The third-order valence-corrected chi connectivity index (χ3v) is 3.85. The van der Waals surface area contributed by atoms with Crippen LogP contribution in [0.25, 0.3) is 0 Å². The fraction of sp³-hybridized carbons (Fsp3) is 0.190. The number of rotatable bonds is 4. The Morgan fingerprint density at radius 3 is 1.92 bits per heavy atom. The van der Waals surface area contributed by atoms with Gasteiger partial charge in [0.1, 0.15) is 5.69 Å². The highest BCUT2D eigenvalue weighted by Crippen LogP contribution is 2.18. The minimum absolute atomic E-state index is 0.263. The highest BCUT2D eigenvalue weighted by Gasteiger charge is 2.10. The molecule has 0 aliphatic rings. The van der Waals surface area contributed by atoms with E-state index in [0.29, 0.717) is 11.6 Å². The van der Waals surface area contributed by atoms with Gasteiger partial charge in [0.05, 0.1) is 0 Å². The average molecular weight is 346 g/mol. The standard InChI is InChI=1S/C21H22N4O/c1-13-7-14(2)10-17(9-13)23-20(26)19-5-6-22-21(25-19)24-18-11-15(3)8-16(4)12-18/h5-12H,1-4H3,(H,23,26)(H,22,24,25). The van der Waals surface area contributed by atoms with Crippen molar-refractivity contribution in [2.45, 2.75) is 27.7 Å². The van der Waals surface area contributed by atoms with Crippen LogP contribution in [0.5, 0.6) is 0 Å². The number of hydrogen-bond acceptors (Lipinski definition) is 4. The van der Waals surface area contributed by atoms with Crippen LogP contribution in [0.2, 0.25) is 0 Å². The number of nitrogens with zero attached hydrogens (tertiary/aromatic N) is 2. The van der Waals surface area contributed by atoms with Crippen molar-refractivity contribution in [1.82, 2.24) is 9.97 Å². The Bertz CT molecular complexity index is 925. The number of nitrogens with one attached hydrogen (secondary N) is 2. The van der Waals surface area contributed by atoms with E-state index in [4.69, 9.17) is 0 Å². The molecule has 0 atom stereocenters. The van der Waals surface area contributed by atoms with Crippen molar-refractivity contribution >= 4 is 23.2 Å². The molecule has 0 aliphatic carbocycles. The molecule has 0 saturated carbocycles. The lowest BCUT2D eigenvalue weighted by Crippen LogP contribution is -2.15. The van der Waals surface area contributed by atoms with Crippen LogP contribution < -0.4 is 10.6 Å². The predicted molar refractivity (Wildman–Crippen MR) is 105 cm³/mol. The second kappa shape index (κ2) is 7.35. The first-order valence-electron chi connectivity index (χ1n) is 8.47. The second-order valence-electron chi connectivity index (χ2n) is 6.60. The molecule has 3 rings (SSSR count). The van der Waals surface area contributed by atoms with Crippen LogP contribution in [0.3, 0.4) is 0 Å². The molecule has 1 heterocycles. The first-order chi connectivity index (χ1) is 12.4. The van der Waals surface area contributed by atoms with Crippen LogP contribution in [-0.4, -0.2) is 15.9 Å². The molecule has 2 N–H and O–H groups in total. The smallest absolute Gasteiger partial charge is 0.274 e. The maximum atomic E-state index is 12.5. The van der Waals surface area contributed by atoms with Gasteiger partial charge in [-0.2, -0.15) is 0 Å². The number of aromatic nitrogens is 2. The molecule has 132 valence electrons. The third kappa shape index (κ3) is 4.45. The van der Waals surface area contributed by atoms with E-state index in [1.165, 1.54) is 0 Å². The van der Waals surface area contributed by atoms with E-state index in [1.54, 1.807) is 12.3 Å². The molecular weight excluding hydrogens is 324 g/mol. The summed E-state index contributed by atoms with van der Waals surface area (Å²) in [5.41, 5.74) is 6.46. The molecule has 0 saturated heterocycles. The summed E-state index contributed by atoms with van der Waals surface area (Å²) in [5.74, 6) is 0.129. The van der Waals surface area contributed by atoms with E-state index < -0.39 is 0 Å². The first kappa shape index (κ1) is 17.6. The Morgan fingerprint density at radius 2 is 1.35 bits per heavy atom. The van der Waals surface area contributed by atoms with E-state index in [9.17, 15) is 4.79 Å². The quantitative estimate of drug-likeness (QED) is 0.718. The van der Waals surface area contributed by atoms with Gasteiger partial charge in [-0.25, -0.2) is 9.97 Å². The Morgan fingerprint density at radius 1 is 0.808 bits per heavy atom. The third-order valence-electron chi connectivity index (χ3n) is 3.85. The van der Waals surface area contributed by atoms with Crippen molar-refractivity contribution in [1.29, 1.82) is 0 Å². The molecule has 0 spiro atoms. The zero-order valence-electron chi connectivity index (χ0n) is 15.4. The molecular formula is C21H22N4O. The number of carbonyl (C=O) groups excluding carboxylic acids is 1. The summed E-state index contributed by atoms with van der Waals surface area (Å²) in [6.45, 7) is 8.07. The highest BCUT2D eigenvalue weighted by atomic mass is 16.1. The Labute approximate surface area is 153 Å². The predicted octanol–water partition coefficient (Wildman–Crippen LogP) is 4.71. The summed E-state index contributed by atoms with van der Waals surface area (Å²) in [6, 6.07) is 13.6. The maximum absolute atomic E-state index is 12.5. The lowest BCUT2D eigenvalue weighted by molar-refractivity contribution is 0.102. The Kier molecular flexibility index (Phi) is 4.98. The molecule has 3 aromatic rings. The lowest BCUT2D eigenvalue weighted by atomic mass is 10.1. The average Bonchev–Trinajstić information content (AvgIpc) is 2.53. The summed E-state index contributed by atoms with van der Waals surface area (Å²) in [7, 11) is 0. The van der Waals surface area contributed by atoms with Crippen LogP contribution in [0.1, 0.15) is 32.7 Å². The zero-order valence-corrected chi connectivity index (χ0v) is 15.4. The van der Waals surface area contributed by atoms with Crippen molar-refractivity contribution < 1.29 is 4.79 Å². The first-order valence-corrected chi connectivity index (χ1v) is 8.47. The maximum Gasteiger partial charge on any atom is 0.274 e. The zero-order chi connectivity index (χ0) is 18.7.